The zero-order valence-electron chi connectivity index (χ0n) is 8.88. The molecule has 80 valence electrons. The third-order valence-electron chi connectivity index (χ3n) is 3.00. The summed E-state index contributed by atoms with van der Waals surface area (Å²) in [7, 11) is 0. The molecule has 2 heterocycles. The summed E-state index contributed by atoms with van der Waals surface area (Å²) < 4.78 is 0. The van der Waals surface area contributed by atoms with Crippen LogP contribution in [-0.2, 0) is 4.79 Å². The zero-order chi connectivity index (χ0) is 10.2. The minimum Gasteiger partial charge on any atom is -0.341 e. The van der Waals surface area contributed by atoms with Gasteiger partial charge in [0.15, 0.2) is 0 Å². The zero-order valence-corrected chi connectivity index (χ0v) is 9.69. The Morgan fingerprint density at radius 1 is 1.57 bits per heavy atom. The van der Waals surface area contributed by atoms with E-state index in [1.807, 2.05) is 16.7 Å². The van der Waals surface area contributed by atoms with E-state index in [1.54, 1.807) is 0 Å². The second-order valence-electron chi connectivity index (χ2n) is 4.95. The summed E-state index contributed by atoms with van der Waals surface area (Å²) >= 11 is 1.81. The number of rotatable bonds is 1. The van der Waals surface area contributed by atoms with Gasteiger partial charge in [0.1, 0.15) is 0 Å². The van der Waals surface area contributed by atoms with Crippen LogP contribution in [-0.4, -0.2) is 41.6 Å². The van der Waals surface area contributed by atoms with Crippen molar-refractivity contribution in [1.82, 2.24) is 10.2 Å². The molecule has 0 saturated carbocycles. The quantitative estimate of drug-likeness (QED) is 0.704. The second-order valence-corrected chi connectivity index (χ2v) is 5.98. The summed E-state index contributed by atoms with van der Waals surface area (Å²) in [5, 5.41) is 3.23. The maximum atomic E-state index is 12.0. The van der Waals surface area contributed by atoms with E-state index in [2.05, 4.69) is 19.2 Å². The van der Waals surface area contributed by atoms with Crippen LogP contribution in [0, 0.1) is 5.41 Å². The van der Waals surface area contributed by atoms with Crippen molar-refractivity contribution >= 4 is 17.7 Å². The van der Waals surface area contributed by atoms with Crippen LogP contribution in [0.1, 0.15) is 20.3 Å². The maximum Gasteiger partial charge on any atom is 0.240 e. The molecule has 2 saturated heterocycles. The first-order chi connectivity index (χ1) is 6.58. The van der Waals surface area contributed by atoms with Gasteiger partial charge in [0.25, 0.3) is 0 Å². The van der Waals surface area contributed by atoms with Gasteiger partial charge in [0, 0.05) is 24.7 Å². The fourth-order valence-electron chi connectivity index (χ4n) is 2.07. The van der Waals surface area contributed by atoms with Crippen molar-refractivity contribution in [1.29, 1.82) is 0 Å². The summed E-state index contributed by atoms with van der Waals surface area (Å²) in [5.74, 6) is 2.17. The van der Waals surface area contributed by atoms with Gasteiger partial charge >= 0.3 is 0 Å². The van der Waals surface area contributed by atoms with E-state index in [9.17, 15) is 4.79 Å². The molecule has 3 nitrogen and oxygen atoms in total. The van der Waals surface area contributed by atoms with Gasteiger partial charge in [0.2, 0.25) is 5.91 Å². The monoisotopic (exact) mass is 214 g/mol. The highest BCUT2D eigenvalue weighted by Crippen LogP contribution is 2.29. The number of hydrogen-bond donors (Lipinski definition) is 1. The highest BCUT2D eigenvalue weighted by Gasteiger charge is 2.35. The summed E-state index contributed by atoms with van der Waals surface area (Å²) in [6.45, 7) is 6.33. The summed E-state index contributed by atoms with van der Waals surface area (Å²) in [6.07, 6.45) is 1.14. The summed E-state index contributed by atoms with van der Waals surface area (Å²) in [5.41, 5.74) is 0.321. The molecule has 1 atom stereocenters. The lowest BCUT2D eigenvalue weighted by atomic mass is 9.93. The average Bonchev–Trinajstić information content (AvgIpc) is 2.72. The van der Waals surface area contributed by atoms with Crippen LogP contribution >= 0.6 is 11.8 Å². The van der Waals surface area contributed by atoms with E-state index >= 15 is 0 Å². The third kappa shape index (κ3) is 2.06. The number of amides is 1. The van der Waals surface area contributed by atoms with Gasteiger partial charge in [-0.2, -0.15) is 0 Å². The Hall–Kier alpha value is -0.220. The lowest BCUT2D eigenvalue weighted by Gasteiger charge is -2.22. The van der Waals surface area contributed by atoms with E-state index in [-0.39, 0.29) is 6.04 Å². The Bertz CT molecular complexity index is 236. The van der Waals surface area contributed by atoms with Crippen LogP contribution in [0.5, 0.6) is 0 Å². The van der Waals surface area contributed by atoms with E-state index < -0.39 is 0 Å². The normalized spacial score (nSPS) is 31.0. The summed E-state index contributed by atoms with van der Waals surface area (Å²) in [6, 6.07) is 0.0777. The van der Waals surface area contributed by atoms with Crippen LogP contribution in [0.25, 0.3) is 0 Å². The molecule has 2 rings (SSSR count). The average molecular weight is 214 g/mol. The van der Waals surface area contributed by atoms with Gasteiger partial charge < -0.3 is 4.90 Å². The number of carbonyl (C=O) groups is 1. The first kappa shape index (κ1) is 10.3. The molecule has 0 aromatic rings. The number of likely N-dealkylation sites (tertiary alicyclic amines) is 1. The lowest BCUT2D eigenvalue weighted by Crippen LogP contribution is -2.44. The number of carbonyl (C=O) groups excluding carboxylic acids is 1. The highest BCUT2D eigenvalue weighted by atomic mass is 32.2. The molecule has 2 aliphatic rings. The molecule has 0 bridgehead atoms. The molecule has 1 N–H and O–H groups in total. The number of nitrogens with zero attached hydrogens (tertiary/aromatic N) is 1. The lowest BCUT2D eigenvalue weighted by molar-refractivity contribution is -0.131. The van der Waals surface area contributed by atoms with Gasteiger partial charge in [-0.25, -0.2) is 0 Å². The van der Waals surface area contributed by atoms with Crippen molar-refractivity contribution in [3.63, 3.8) is 0 Å². The number of hydrogen-bond acceptors (Lipinski definition) is 3. The number of thioether (sulfide) groups is 1. The molecular formula is C10H18N2OS. The van der Waals surface area contributed by atoms with Crippen molar-refractivity contribution in [2.24, 2.45) is 5.41 Å². The first-order valence-electron chi connectivity index (χ1n) is 5.18. The first-order valence-corrected chi connectivity index (χ1v) is 6.34. The SMILES string of the molecule is CC1(C)CCN(C(=O)C2CSCN2)C1. The Morgan fingerprint density at radius 2 is 2.36 bits per heavy atom. The maximum absolute atomic E-state index is 12.0. The van der Waals surface area contributed by atoms with Crippen molar-refractivity contribution in [2.45, 2.75) is 26.3 Å². The van der Waals surface area contributed by atoms with Gasteiger partial charge in [-0.1, -0.05) is 13.8 Å². The molecule has 0 aromatic heterocycles. The third-order valence-corrected chi connectivity index (χ3v) is 3.94. The molecule has 2 aliphatic heterocycles. The standard InChI is InChI=1S/C10H18N2OS/c1-10(2)3-4-12(6-10)9(13)8-5-14-7-11-8/h8,11H,3-7H2,1-2H3. The van der Waals surface area contributed by atoms with E-state index in [1.165, 1.54) is 0 Å². The Morgan fingerprint density at radius 3 is 2.86 bits per heavy atom. The largest absolute Gasteiger partial charge is 0.341 e. The molecule has 14 heavy (non-hydrogen) atoms. The van der Waals surface area contributed by atoms with Gasteiger partial charge in [-0.05, 0) is 11.8 Å². The van der Waals surface area contributed by atoms with E-state index in [4.69, 9.17) is 0 Å². The van der Waals surface area contributed by atoms with Crippen molar-refractivity contribution in [3.8, 4) is 0 Å². The Kier molecular flexibility index (Phi) is 2.75. The summed E-state index contributed by atoms with van der Waals surface area (Å²) in [4.78, 5) is 14.0. The molecule has 0 radical (unpaired) electrons. The van der Waals surface area contributed by atoms with Crippen LogP contribution in [0.2, 0.25) is 0 Å². The smallest absolute Gasteiger partial charge is 0.240 e. The molecule has 0 aliphatic carbocycles. The van der Waals surface area contributed by atoms with Gasteiger partial charge in [-0.15, -0.1) is 11.8 Å². The van der Waals surface area contributed by atoms with Crippen molar-refractivity contribution in [3.05, 3.63) is 0 Å². The number of nitrogens with one attached hydrogen (secondary N) is 1. The van der Waals surface area contributed by atoms with E-state index in [0.29, 0.717) is 11.3 Å². The molecule has 0 spiro atoms. The Balaban J connectivity index is 1.92. The van der Waals surface area contributed by atoms with E-state index in [0.717, 1.165) is 31.1 Å². The Labute approximate surface area is 89.6 Å². The van der Waals surface area contributed by atoms with Gasteiger partial charge in [-0.3, -0.25) is 10.1 Å². The van der Waals surface area contributed by atoms with Crippen LogP contribution in [0.4, 0.5) is 0 Å². The molecular weight excluding hydrogens is 196 g/mol. The molecule has 1 unspecified atom stereocenters. The van der Waals surface area contributed by atoms with Crippen LogP contribution in [0.3, 0.4) is 0 Å². The molecule has 4 heteroatoms. The minimum atomic E-state index is 0.0777. The van der Waals surface area contributed by atoms with Crippen LogP contribution in [0.15, 0.2) is 0 Å². The predicted octanol–water partition coefficient (Wildman–Crippen LogP) is 0.907. The topological polar surface area (TPSA) is 32.3 Å². The fraction of sp³-hybridized carbons (Fsp3) is 0.900. The van der Waals surface area contributed by atoms with Crippen molar-refractivity contribution in [2.75, 3.05) is 24.7 Å². The highest BCUT2D eigenvalue weighted by molar-refractivity contribution is 7.99. The van der Waals surface area contributed by atoms with Gasteiger partial charge in [0.05, 0.1) is 6.04 Å². The molecule has 0 aromatic carbocycles. The van der Waals surface area contributed by atoms with Crippen LogP contribution < -0.4 is 5.32 Å². The molecule has 1 amide bonds. The van der Waals surface area contributed by atoms with Crippen molar-refractivity contribution < 1.29 is 4.79 Å². The fourth-order valence-corrected chi connectivity index (χ4v) is 3.01. The minimum absolute atomic E-state index is 0.0777. The molecule has 2 fully saturated rings. The second kappa shape index (κ2) is 3.74. The predicted molar refractivity (Wildman–Crippen MR) is 59.2 cm³/mol.